The Balaban J connectivity index is 3.99. The van der Waals surface area contributed by atoms with Crippen molar-refractivity contribution < 1.29 is 40.8 Å². The maximum Gasteiger partial charge on any atom is 0.331 e. The highest BCUT2D eigenvalue weighted by Gasteiger charge is 2.22. The molecule has 0 aliphatic carbocycles. The Morgan fingerprint density at radius 2 is 1.68 bits per heavy atom. The fraction of sp³-hybridized carbons (Fsp3) is 0.556. The molecule has 0 fully saturated rings. The molecule has 0 aliphatic heterocycles. The van der Waals surface area contributed by atoms with Gasteiger partial charge in [0.15, 0.2) is 6.61 Å². The van der Waals surface area contributed by atoms with Crippen molar-refractivity contribution in [3.05, 3.63) is 12.2 Å². The number of hydrogen-bond donors (Lipinski definition) is 1. The molecular weight excluding hydrogens is 290 g/mol. The van der Waals surface area contributed by atoms with Crippen molar-refractivity contribution in [1.29, 1.82) is 0 Å². The molecule has 1 N–H and O–H groups in total. The number of carbonyl (C=O) groups is 2. The van der Waals surface area contributed by atoms with E-state index in [1.165, 1.54) is 0 Å². The van der Waals surface area contributed by atoms with E-state index in [4.69, 9.17) is 4.55 Å². The SMILES string of the molecule is CC(F)(F)COC(=O)/C=C/C(=O)OCCS(=O)(=O)O. The van der Waals surface area contributed by atoms with Gasteiger partial charge in [-0.25, -0.2) is 18.4 Å². The normalized spacial score (nSPS) is 12.4. The summed E-state index contributed by atoms with van der Waals surface area (Å²) in [5, 5.41) is 0. The Morgan fingerprint density at radius 1 is 1.21 bits per heavy atom. The zero-order valence-corrected chi connectivity index (χ0v) is 10.7. The molecule has 0 saturated heterocycles. The molecule has 19 heavy (non-hydrogen) atoms. The van der Waals surface area contributed by atoms with E-state index in [9.17, 15) is 26.8 Å². The second-order valence-corrected chi connectivity index (χ2v) is 5.04. The van der Waals surface area contributed by atoms with Crippen LogP contribution in [-0.4, -0.2) is 49.8 Å². The molecule has 0 aromatic heterocycles. The lowest BCUT2D eigenvalue weighted by Crippen LogP contribution is -2.21. The number of ether oxygens (including phenoxy) is 2. The van der Waals surface area contributed by atoms with Crippen molar-refractivity contribution in [2.45, 2.75) is 12.8 Å². The summed E-state index contributed by atoms with van der Waals surface area (Å²) in [5.74, 6) is -6.23. The van der Waals surface area contributed by atoms with E-state index >= 15 is 0 Å². The first-order valence-electron chi connectivity index (χ1n) is 4.84. The summed E-state index contributed by atoms with van der Waals surface area (Å²) < 4.78 is 61.8. The van der Waals surface area contributed by atoms with Gasteiger partial charge in [-0.3, -0.25) is 4.55 Å². The predicted octanol–water partition coefficient (Wildman–Crippen LogP) is 0.172. The van der Waals surface area contributed by atoms with Crippen LogP contribution in [0.4, 0.5) is 8.78 Å². The highest BCUT2D eigenvalue weighted by atomic mass is 32.2. The van der Waals surface area contributed by atoms with Gasteiger partial charge < -0.3 is 9.47 Å². The molecule has 0 bridgehead atoms. The van der Waals surface area contributed by atoms with Gasteiger partial charge in [-0.1, -0.05) is 0 Å². The smallest absolute Gasteiger partial charge is 0.331 e. The average molecular weight is 302 g/mol. The maximum atomic E-state index is 12.3. The minimum Gasteiger partial charge on any atom is -0.461 e. The van der Waals surface area contributed by atoms with E-state index in [0.717, 1.165) is 0 Å². The fourth-order valence-electron chi connectivity index (χ4n) is 0.678. The first-order valence-corrected chi connectivity index (χ1v) is 6.45. The van der Waals surface area contributed by atoms with Gasteiger partial charge >= 0.3 is 11.9 Å². The molecule has 0 saturated carbocycles. The largest absolute Gasteiger partial charge is 0.461 e. The number of esters is 2. The fourth-order valence-corrected chi connectivity index (χ4v) is 0.972. The second-order valence-electron chi connectivity index (χ2n) is 3.46. The first kappa shape index (κ1) is 17.4. The molecule has 0 atom stereocenters. The lowest BCUT2D eigenvalue weighted by Gasteiger charge is -2.08. The number of carbonyl (C=O) groups excluding carboxylic acids is 2. The number of alkyl halides is 2. The van der Waals surface area contributed by atoms with E-state index < -0.39 is 46.9 Å². The summed E-state index contributed by atoms with van der Waals surface area (Å²) in [4.78, 5) is 21.7. The Hall–Kier alpha value is -1.55. The zero-order valence-electron chi connectivity index (χ0n) is 9.84. The molecule has 0 heterocycles. The molecule has 7 nitrogen and oxygen atoms in total. The molecule has 0 aromatic rings. The van der Waals surface area contributed by atoms with Crippen LogP contribution in [0.5, 0.6) is 0 Å². The summed E-state index contributed by atoms with van der Waals surface area (Å²) >= 11 is 0. The van der Waals surface area contributed by atoms with Crippen LogP contribution in [0, 0.1) is 0 Å². The van der Waals surface area contributed by atoms with Gasteiger partial charge in [0.25, 0.3) is 16.0 Å². The van der Waals surface area contributed by atoms with E-state index in [1.54, 1.807) is 0 Å². The highest BCUT2D eigenvalue weighted by molar-refractivity contribution is 7.85. The van der Waals surface area contributed by atoms with Crippen LogP contribution < -0.4 is 0 Å². The molecule has 0 amide bonds. The van der Waals surface area contributed by atoms with Crippen LogP contribution >= 0.6 is 0 Å². The van der Waals surface area contributed by atoms with Gasteiger partial charge in [-0.05, 0) is 0 Å². The van der Waals surface area contributed by atoms with Crippen LogP contribution in [0.3, 0.4) is 0 Å². The monoisotopic (exact) mass is 302 g/mol. The summed E-state index contributed by atoms with van der Waals surface area (Å²) in [6.45, 7) is -1.19. The number of hydrogen-bond acceptors (Lipinski definition) is 6. The minimum absolute atomic E-state index is 0.549. The Kier molecular flexibility index (Phi) is 6.56. The third kappa shape index (κ3) is 12.7. The van der Waals surface area contributed by atoms with Crippen molar-refractivity contribution in [3.8, 4) is 0 Å². The molecule has 0 rings (SSSR count). The first-order chi connectivity index (χ1) is 8.49. The third-order valence-corrected chi connectivity index (χ3v) is 2.09. The number of halogens is 2. The lowest BCUT2D eigenvalue weighted by molar-refractivity contribution is -0.148. The predicted molar refractivity (Wildman–Crippen MR) is 58.1 cm³/mol. The molecule has 0 spiro atoms. The highest BCUT2D eigenvalue weighted by Crippen LogP contribution is 2.11. The van der Waals surface area contributed by atoms with E-state index in [2.05, 4.69) is 9.47 Å². The van der Waals surface area contributed by atoms with E-state index in [1.807, 2.05) is 0 Å². The molecule has 110 valence electrons. The quantitative estimate of drug-likeness (QED) is 0.406. The summed E-state index contributed by atoms with van der Waals surface area (Å²) in [7, 11) is -4.25. The molecule has 0 unspecified atom stereocenters. The second kappa shape index (κ2) is 7.14. The van der Waals surface area contributed by atoms with Gasteiger partial charge in [-0.2, -0.15) is 8.42 Å². The van der Waals surface area contributed by atoms with Gasteiger partial charge in [0.1, 0.15) is 12.4 Å². The Bertz CT molecular complexity index is 450. The van der Waals surface area contributed by atoms with Crippen LogP contribution in [0.2, 0.25) is 0 Å². The van der Waals surface area contributed by atoms with Crippen molar-refractivity contribution >= 4 is 22.1 Å². The molecule has 0 radical (unpaired) electrons. The standard InChI is InChI=1S/C9H12F2O7S/c1-9(10,11)6-18-8(13)3-2-7(12)17-4-5-19(14,15)16/h2-3H,4-6H2,1H3,(H,14,15,16)/b3-2+. The van der Waals surface area contributed by atoms with Crippen LogP contribution in [0.1, 0.15) is 6.92 Å². The average Bonchev–Trinajstić information content (AvgIpc) is 2.20. The maximum absolute atomic E-state index is 12.3. The Morgan fingerprint density at radius 3 is 2.11 bits per heavy atom. The van der Waals surface area contributed by atoms with Gasteiger partial charge in [0, 0.05) is 19.1 Å². The van der Waals surface area contributed by atoms with Crippen molar-refractivity contribution in [3.63, 3.8) is 0 Å². The van der Waals surface area contributed by atoms with Crippen molar-refractivity contribution in [2.24, 2.45) is 0 Å². The lowest BCUT2D eigenvalue weighted by atomic mass is 10.4. The van der Waals surface area contributed by atoms with Gasteiger partial charge in [0.05, 0.1) is 0 Å². The summed E-state index contributed by atoms with van der Waals surface area (Å²) in [5.41, 5.74) is 0. The summed E-state index contributed by atoms with van der Waals surface area (Å²) in [6, 6.07) is 0. The minimum atomic E-state index is -4.25. The Labute approximate surface area is 107 Å². The van der Waals surface area contributed by atoms with E-state index in [-0.39, 0.29) is 0 Å². The zero-order chi connectivity index (χ0) is 15.1. The molecular formula is C9H12F2O7S. The molecule has 0 aromatic carbocycles. The third-order valence-electron chi connectivity index (χ3n) is 1.41. The molecule has 10 heteroatoms. The number of rotatable bonds is 7. The van der Waals surface area contributed by atoms with Crippen LogP contribution in [-0.2, 0) is 29.2 Å². The van der Waals surface area contributed by atoms with Crippen molar-refractivity contribution in [2.75, 3.05) is 19.0 Å². The van der Waals surface area contributed by atoms with Gasteiger partial charge in [-0.15, -0.1) is 0 Å². The van der Waals surface area contributed by atoms with Gasteiger partial charge in [0.2, 0.25) is 0 Å². The van der Waals surface area contributed by atoms with Crippen LogP contribution in [0.25, 0.3) is 0 Å². The van der Waals surface area contributed by atoms with Crippen LogP contribution in [0.15, 0.2) is 12.2 Å². The summed E-state index contributed by atoms with van der Waals surface area (Å²) in [6.07, 6.45) is 1.14. The van der Waals surface area contributed by atoms with E-state index in [0.29, 0.717) is 19.1 Å². The topological polar surface area (TPSA) is 107 Å². The molecule has 0 aliphatic rings. The van der Waals surface area contributed by atoms with Crippen molar-refractivity contribution in [1.82, 2.24) is 0 Å².